The summed E-state index contributed by atoms with van der Waals surface area (Å²) in [5.41, 5.74) is -0.576. The number of allylic oxidation sites excluding steroid dienone is 1. The van der Waals surface area contributed by atoms with E-state index < -0.39 is 41.3 Å². The van der Waals surface area contributed by atoms with Crippen molar-refractivity contribution in [2.24, 2.45) is 5.41 Å². The van der Waals surface area contributed by atoms with Crippen LogP contribution < -0.4 is 21.3 Å². The molecule has 1 fully saturated rings. The van der Waals surface area contributed by atoms with Gasteiger partial charge in [-0.1, -0.05) is 53.2 Å². The zero-order valence-corrected chi connectivity index (χ0v) is 23.8. The van der Waals surface area contributed by atoms with E-state index in [-0.39, 0.29) is 18.6 Å². The number of nitrogens with one attached hydrogen (secondary N) is 4. The number of hydrogen-bond donors (Lipinski definition) is 4. The minimum absolute atomic E-state index is 0.189. The molecule has 4 amide bonds. The van der Waals surface area contributed by atoms with Gasteiger partial charge in [0.15, 0.2) is 6.29 Å². The number of carbonyl (C=O) groups is 5. The highest BCUT2D eigenvalue weighted by atomic mass is 16.2. The SMILES string of the molecule is C=CCCC(NC(=O)C1CCCN1C(=O)C(NC(=O)NC)C(C)(C)C)C(=O)C=O.C=CCNC.CCC. The number of rotatable bonds is 11. The smallest absolute Gasteiger partial charge is 0.315 e. The van der Waals surface area contributed by atoms with Crippen LogP contribution in [0.3, 0.4) is 0 Å². The molecule has 1 rings (SSSR count). The minimum Gasteiger partial charge on any atom is -0.344 e. The van der Waals surface area contributed by atoms with Crippen LogP contribution in [0.1, 0.15) is 66.7 Å². The maximum Gasteiger partial charge on any atom is 0.315 e. The average molecular weight is 524 g/mol. The van der Waals surface area contributed by atoms with E-state index in [1.165, 1.54) is 18.4 Å². The zero-order valence-electron chi connectivity index (χ0n) is 23.8. The summed E-state index contributed by atoms with van der Waals surface area (Å²) in [4.78, 5) is 61.9. The molecule has 0 spiro atoms. The van der Waals surface area contributed by atoms with Gasteiger partial charge in [-0.3, -0.25) is 19.2 Å². The molecule has 0 aromatic carbocycles. The molecule has 1 heterocycles. The van der Waals surface area contributed by atoms with Crippen LogP contribution in [0.2, 0.25) is 0 Å². The van der Waals surface area contributed by atoms with Gasteiger partial charge in [0.2, 0.25) is 17.6 Å². The summed E-state index contributed by atoms with van der Waals surface area (Å²) in [6.07, 6.45) is 6.64. The second-order valence-corrected chi connectivity index (χ2v) is 9.71. The van der Waals surface area contributed by atoms with Gasteiger partial charge in [0.05, 0.1) is 6.04 Å². The normalized spacial score (nSPS) is 15.9. The summed E-state index contributed by atoms with van der Waals surface area (Å²) in [5, 5.41) is 10.6. The van der Waals surface area contributed by atoms with Crippen LogP contribution in [0, 0.1) is 5.41 Å². The maximum atomic E-state index is 13.2. The predicted octanol–water partition coefficient (Wildman–Crippen LogP) is 2.35. The number of ketones is 1. The van der Waals surface area contributed by atoms with Crippen molar-refractivity contribution in [3.05, 3.63) is 25.3 Å². The molecule has 1 aliphatic heterocycles. The van der Waals surface area contributed by atoms with Crippen LogP contribution in [-0.2, 0) is 19.2 Å². The molecule has 3 unspecified atom stereocenters. The number of aldehydes is 1. The summed E-state index contributed by atoms with van der Waals surface area (Å²) < 4.78 is 0. The van der Waals surface area contributed by atoms with Gasteiger partial charge in [-0.15, -0.1) is 13.2 Å². The molecular formula is C27H49N5O5. The van der Waals surface area contributed by atoms with Gasteiger partial charge in [-0.2, -0.15) is 0 Å². The minimum atomic E-state index is -0.946. The Balaban J connectivity index is 0. The first kappa shape index (κ1) is 36.1. The summed E-state index contributed by atoms with van der Waals surface area (Å²) in [7, 11) is 3.35. The number of urea groups is 1. The van der Waals surface area contributed by atoms with Gasteiger partial charge in [-0.25, -0.2) is 4.79 Å². The van der Waals surface area contributed by atoms with Crippen LogP contribution in [0.5, 0.6) is 0 Å². The Morgan fingerprint density at radius 2 is 1.65 bits per heavy atom. The monoisotopic (exact) mass is 523 g/mol. The Morgan fingerprint density at radius 3 is 2.05 bits per heavy atom. The van der Waals surface area contributed by atoms with Crippen molar-refractivity contribution < 1.29 is 24.0 Å². The molecule has 0 aromatic rings. The lowest BCUT2D eigenvalue weighted by Crippen LogP contribution is -2.59. The van der Waals surface area contributed by atoms with Gasteiger partial charge >= 0.3 is 6.03 Å². The van der Waals surface area contributed by atoms with E-state index in [9.17, 15) is 24.0 Å². The first-order chi connectivity index (χ1) is 17.4. The van der Waals surface area contributed by atoms with Crippen LogP contribution in [0.25, 0.3) is 0 Å². The Bertz CT molecular complexity index is 748. The maximum absolute atomic E-state index is 13.2. The number of hydrogen-bond acceptors (Lipinski definition) is 6. The van der Waals surface area contributed by atoms with E-state index in [4.69, 9.17) is 0 Å². The van der Waals surface area contributed by atoms with E-state index in [0.29, 0.717) is 25.8 Å². The lowest BCUT2D eigenvalue weighted by Gasteiger charge is -2.35. The van der Waals surface area contributed by atoms with E-state index in [1.54, 1.807) is 6.08 Å². The van der Waals surface area contributed by atoms with Crippen LogP contribution in [0.15, 0.2) is 25.3 Å². The second kappa shape index (κ2) is 20.1. The summed E-state index contributed by atoms with van der Waals surface area (Å²) in [5.74, 6) is -1.55. The van der Waals surface area contributed by atoms with Crippen molar-refractivity contribution in [3.63, 3.8) is 0 Å². The molecule has 0 bridgehead atoms. The number of likely N-dealkylation sites (tertiary alicyclic amines) is 1. The van der Waals surface area contributed by atoms with Crippen molar-refractivity contribution in [2.75, 3.05) is 27.2 Å². The molecule has 3 atom stereocenters. The molecule has 0 radical (unpaired) electrons. The zero-order chi connectivity index (χ0) is 29.0. The van der Waals surface area contributed by atoms with Gasteiger partial charge in [0.1, 0.15) is 12.1 Å². The third-order valence-corrected chi connectivity index (χ3v) is 5.24. The third kappa shape index (κ3) is 14.3. The van der Waals surface area contributed by atoms with Crippen LogP contribution >= 0.6 is 0 Å². The molecule has 10 nitrogen and oxygen atoms in total. The first-order valence-electron chi connectivity index (χ1n) is 12.8. The Labute approximate surface area is 223 Å². The second-order valence-electron chi connectivity index (χ2n) is 9.71. The Morgan fingerprint density at radius 1 is 1.05 bits per heavy atom. The van der Waals surface area contributed by atoms with Crippen molar-refractivity contribution in [3.8, 4) is 0 Å². The molecule has 4 N–H and O–H groups in total. The van der Waals surface area contributed by atoms with Crippen molar-refractivity contribution in [2.45, 2.75) is 84.8 Å². The summed E-state index contributed by atoms with van der Waals surface area (Å²) >= 11 is 0. The summed E-state index contributed by atoms with van der Waals surface area (Å²) in [6, 6.07) is -3.02. The van der Waals surface area contributed by atoms with Gasteiger partial charge in [0.25, 0.3) is 0 Å². The van der Waals surface area contributed by atoms with Crippen LogP contribution in [0.4, 0.5) is 4.79 Å². The standard InChI is InChI=1S/C20H32N4O5.C4H9N.C3H8/c1-6-7-9-13(15(26)12-25)22-17(27)14-10-8-11-24(14)18(28)16(20(2,3)4)23-19(29)21-5;1-3-4-5-2;1-3-2/h6,12-14,16H,1,7-11H2,2-5H3,(H,22,27)(H2,21,23,29);3,5H,1,4H2,2H3;3H2,1-2H3. The van der Waals surface area contributed by atoms with Gasteiger partial charge in [0, 0.05) is 20.1 Å². The summed E-state index contributed by atoms with van der Waals surface area (Å²) in [6.45, 7) is 18.1. The van der Waals surface area contributed by atoms with E-state index in [0.717, 1.165) is 6.54 Å². The van der Waals surface area contributed by atoms with Gasteiger partial charge < -0.3 is 26.2 Å². The van der Waals surface area contributed by atoms with Gasteiger partial charge in [-0.05, 0) is 38.1 Å². The topological polar surface area (TPSA) is 137 Å². The lowest BCUT2D eigenvalue weighted by atomic mass is 9.85. The molecule has 1 aliphatic rings. The van der Waals surface area contributed by atoms with Crippen molar-refractivity contribution >= 4 is 29.9 Å². The largest absolute Gasteiger partial charge is 0.344 e. The quantitative estimate of drug-likeness (QED) is 0.186. The van der Waals surface area contributed by atoms with Crippen LogP contribution in [-0.4, -0.2) is 80.1 Å². The molecular weight excluding hydrogens is 474 g/mol. The molecule has 1 saturated heterocycles. The van der Waals surface area contributed by atoms with E-state index in [1.807, 2.05) is 33.9 Å². The number of amides is 4. The Hall–Kier alpha value is -3.01. The third-order valence-electron chi connectivity index (χ3n) is 5.24. The molecule has 0 aliphatic carbocycles. The molecule has 0 saturated carbocycles. The first-order valence-corrected chi connectivity index (χ1v) is 12.8. The molecule has 212 valence electrons. The number of carbonyl (C=O) groups excluding carboxylic acids is 5. The van der Waals surface area contributed by atoms with Crippen molar-refractivity contribution in [1.29, 1.82) is 0 Å². The molecule has 0 aromatic heterocycles. The predicted molar refractivity (Wildman–Crippen MR) is 148 cm³/mol. The Kier molecular flexibility index (Phi) is 19.6. The molecule has 10 heteroatoms. The fourth-order valence-corrected chi connectivity index (χ4v) is 3.39. The van der Waals surface area contributed by atoms with Crippen molar-refractivity contribution in [1.82, 2.24) is 26.2 Å². The lowest BCUT2D eigenvalue weighted by molar-refractivity contribution is -0.142. The fourth-order valence-electron chi connectivity index (χ4n) is 3.39. The number of Topliss-reactive ketones (excluding diaryl/α,β-unsaturated/α-hetero) is 1. The molecule has 37 heavy (non-hydrogen) atoms. The highest BCUT2D eigenvalue weighted by molar-refractivity contribution is 6.28. The average Bonchev–Trinajstić information content (AvgIpc) is 3.35. The van der Waals surface area contributed by atoms with E-state index in [2.05, 4.69) is 48.3 Å². The number of likely N-dealkylation sites (N-methyl/N-ethyl adjacent to an activating group) is 1. The highest BCUT2D eigenvalue weighted by Crippen LogP contribution is 2.26. The number of nitrogens with zero attached hydrogens (tertiary/aromatic N) is 1. The van der Waals surface area contributed by atoms with E-state index >= 15 is 0 Å². The fraction of sp³-hybridized carbons (Fsp3) is 0.667. The highest BCUT2D eigenvalue weighted by Gasteiger charge is 2.42.